The van der Waals surface area contributed by atoms with Crippen LogP contribution in [0.1, 0.15) is 18.4 Å². The predicted molar refractivity (Wildman–Crippen MR) is 80.3 cm³/mol. The number of benzene rings is 1. The minimum Gasteiger partial charge on any atom is -0.550 e. The Balaban J connectivity index is 1.65. The van der Waals surface area contributed by atoms with Gasteiger partial charge in [0.25, 0.3) is 5.91 Å². The molecule has 1 aromatic carbocycles. The van der Waals surface area contributed by atoms with Crippen molar-refractivity contribution in [3.63, 3.8) is 0 Å². The van der Waals surface area contributed by atoms with E-state index < -0.39 is 18.0 Å². The number of para-hydroxylation sites is 1. The van der Waals surface area contributed by atoms with Gasteiger partial charge in [-0.3, -0.25) is 9.69 Å². The van der Waals surface area contributed by atoms with Gasteiger partial charge >= 0.3 is 6.03 Å². The van der Waals surface area contributed by atoms with E-state index in [4.69, 9.17) is 0 Å². The maximum absolute atomic E-state index is 12.2. The number of urea groups is 1. The van der Waals surface area contributed by atoms with E-state index in [1.807, 2.05) is 30.5 Å². The number of carbonyl (C=O) groups excluding carboxylic acids is 3. The molecule has 3 amide bonds. The van der Waals surface area contributed by atoms with Gasteiger partial charge in [-0.1, -0.05) is 18.2 Å². The number of fused-ring (bicyclic) bond motifs is 1. The number of aromatic amines is 1. The lowest BCUT2D eigenvalue weighted by molar-refractivity contribution is -0.305. The van der Waals surface area contributed by atoms with Gasteiger partial charge in [-0.05, 0) is 30.9 Å². The maximum Gasteiger partial charge on any atom is 0.324 e. The summed E-state index contributed by atoms with van der Waals surface area (Å²) in [4.78, 5) is 38.8. The summed E-state index contributed by atoms with van der Waals surface area (Å²) in [5.41, 5.74) is 2.03. The molecule has 2 N–H and O–H groups in total. The second kappa shape index (κ2) is 6.12. The number of carboxylic acid groups (broad SMARTS) is 1. The Bertz CT molecular complexity index is 768. The topological polar surface area (TPSA) is 105 Å². The fourth-order valence-corrected chi connectivity index (χ4v) is 2.82. The summed E-state index contributed by atoms with van der Waals surface area (Å²) in [6.45, 7) is 0.258. The number of imide groups is 1. The first-order chi connectivity index (χ1) is 11.1. The van der Waals surface area contributed by atoms with Crippen molar-refractivity contribution in [1.82, 2.24) is 15.2 Å². The zero-order valence-corrected chi connectivity index (χ0v) is 12.4. The maximum atomic E-state index is 12.2. The van der Waals surface area contributed by atoms with Crippen LogP contribution in [0.15, 0.2) is 30.5 Å². The summed E-state index contributed by atoms with van der Waals surface area (Å²) in [7, 11) is 0. The van der Waals surface area contributed by atoms with Crippen molar-refractivity contribution in [3.8, 4) is 0 Å². The number of aromatic nitrogens is 1. The number of H-pyrrole nitrogens is 1. The molecule has 1 aliphatic heterocycles. The van der Waals surface area contributed by atoms with Crippen molar-refractivity contribution in [1.29, 1.82) is 0 Å². The molecule has 3 rings (SSSR count). The number of carbonyl (C=O) groups is 3. The van der Waals surface area contributed by atoms with Crippen molar-refractivity contribution < 1.29 is 19.5 Å². The van der Waals surface area contributed by atoms with Crippen LogP contribution in [0.2, 0.25) is 0 Å². The van der Waals surface area contributed by atoms with Crippen LogP contribution < -0.4 is 10.4 Å². The van der Waals surface area contributed by atoms with Crippen molar-refractivity contribution >= 4 is 28.8 Å². The van der Waals surface area contributed by atoms with Gasteiger partial charge in [0, 0.05) is 29.6 Å². The fourth-order valence-electron chi connectivity index (χ4n) is 2.82. The molecule has 120 valence electrons. The van der Waals surface area contributed by atoms with Crippen LogP contribution in [-0.2, 0) is 16.0 Å². The van der Waals surface area contributed by atoms with Crippen LogP contribution in [0.3, 0.4) is 0 Å². The SMILES string of the molecule is O=C([O-])CC[C@@H]1NC(=O)N(CCc2c[nH]c3ccccc23)C1=O. The van der Waals surface area contributed by atoms with E-state index in [0.29, 0.717) is 6.42 Å². The predicted octanol–water partition coefficient (Wildman–Crippen LogP) is 0.161. The lowest BCUT2D eigenvalue weighted by atomic mass is 10.1. The molecule has 0 radical (unpaired) electrons. The summed E-state index contributed by atoms with van der Waals surface area (Å²) in [5.74, 6) is -1.61. The molecule has 1 saturated heterocycles. The smallest absolute Gasteiger partial charge is 0.324 e. The molecule has 7 heteroatoms. The molecule has 0 bridgehead atoms. The molecule has 7 nitrogen and oxygen atoms in total. The van der Waals surface area contributed by atoms with Gasteiger partial charge in [-0.15, -0.1) is 0 Å². The first-order valence-corrected chi connectivity index (χ1v) is 7.43. The van der Waals surface area contributed by atoms with Gasteiger partial charge in [0.1, 0.15) is 6.04 Å². The first kappa shape index (κ1) is 15.1. The molecule has 1 aromatic heterocycles. The van der Waals surface area contributed by atoms with Gasteiger partial charge in [-0.25, -0.2) is 4.79 Å². The third-order valence-electron chi connectivity index (χ3n) is 4.02. The van der Waals surface area contributed by atoms with E-state index in [-0.39, 0.29) is 25.3 Å². The highest BCUT2D eigenvalue weighted by molar-refractivity contribution is 6.04. The van der Waals surface area contributed by atoms with Gasteiger partial charge in [0.2, 0.25) is 0 Å². The summed E-state index contributed by atoms with van der Waals surface area (Å²) >= 11 is 0. The summed E-state index contributed by atoms with van der Waals surface area (Å²) in [5, 5.41) is 14.1. The Labute approximate surface area is 132 Å². The Morgan fingerprint density at radius 1 is 1.26 bits per heavy atom. The number of hydrogen-bond donors (Lipinski definition) is 2. The summed E-state index contributed by atoms with van der Waals surface area (Å²) in [6.07, 6.45) is 2.20. The monoisotopic (exact) mass is 314 g/mol. The molecule has 0 spiro atoms. The van der Waals surface area contributed by atoms with Gasteiger partial charge in [0.15, 0.2) is 0 Å². The van der Waals surface area contributed by atoms with E-state index in [0.717, 1.165) is 21.4 Å². The van der Waals surface area contributed by atoms with Crippen molar-refractivity contribution in [2.75, 3.05) is 6.54 Å². The summed E-state index contributed by atoms with van der Waals surface area (Å²) in [6, 6.07) is 6.56. The zero-order chi connectivity index (χ0) is 16.4. The van der Waals surface area contributed by atoms with Crippen LogP contribution in [0.5, 0.6) is 0 Å². The highest BCUT2D eigenvalue weighted by Gasteiger charge is 2.37. The molecular weight excluding hydrogens is 298 g/mol. The Kier molecular flexibility index (Phi) is 4.01. The second-order valence-electron chi connectivity index (χ2n) is 5.51. The fraction of sp³-hybridized carbons (Fsp3) is 0.312. The third-order valence-corrected chi connectivity index (χ3v) is 4.02. The second-order valence-corrected chi connectivity index (χ2v) is 5.51. The molecule has 2 heterocycles. The molecule has 1 fully saturated rings. The molecule has 1 atom stereocenters. The average Bonchev–Trinajstić information content (AvgIpc) is 3.05. The number of nitrogens with zero attached hydrogens (tertiary/aromatic N) is 1. The van der Waals surface area contributed by atoms with E-state index >= 15 is 0 Å². The van der Waals surface area contributed by atoms with Crippen LogP contribution in [0.25, 0.3) is 10.9 Å². The number of amides is 3. The molecule has 23 heavy (non-hydrogen) atoms. The average molecular weight is 314 g/mol. The minimum absolute atomic E-state index is 0.0521. The molecule has 0 saturated carbocycles. The molecular formula is C16H16N3O4-. The van der Waals surface area contributed by atoms with E-state index in [1.54, 1.807) is 0 Å². The standard InChI is InChI=1S/C16H17N3O4/c20-14(21)6-5-13-15(22)19(16(23)18-13)8-7-10-9-17-12-4-2-1-3-11(10)12/h1-4,9,13,17H,5-8H2,(H,18,23)(H,20,21)/p-1/t13-/m0/s1. The van der Waals surface area contributed by atoms with Crippen molar-refractivity contribution in [2.45, 2.75) is 25.3 Å². The van der Waals surface area contributed by atoms with Crippen LogP contribution in [0.4, 0.5) is 4.79 Å². The van der Waals surface area contributed by atoms with Gasteiger partial charge < -0.3 is 20.2 Å². The highest BCUT2D eigenvalue weighted by Crippen LogP contribution is 2.19. The van der Waals surface area contributed by atoms with E-state index in [9.17, 15) is 19.5 Å². The molecule has 0 aliphatic carbocycles. The Morgan fingerprint density at radius 3 is 2.83 bits per heavy atom. The number of rotatable bonds is 6. The quantitative estimate of drug-likeness (QED) is 0.741. The number of carboxylic acids is 1. The van der Waals surface area contributed by atoms with Gasteiger partial charge in [-0.2, -0.15) is 0 Å². The largest absolute Gasteiger partial charge is 0.550 e. The zero-order valence-electron chi connectivity index (χ0n) is 12.4. The van der Waals surface area contributed by atoms with Crippen LogP contribution in [-0.4, -0.2) is 40.4 Å². The normalized spacial score (nSPS) is 17.7. The molecule has 1 aliphatic rings. The van der Waals surface area contributed by atoms with E-state index in [2.05, 4.69) is 10.3 Å². The lowest BCUT2D eigenvalue weighted by Crippen LogP contribution is -2.34. The third kappa shape index (κ3) is 3.03. The van der Waals surface area contributed by atoms with E-state index in [1.165, 1.54) is 0 Å². The number of nitrogens with one attached hydrogen (secondary N) is 2. The highest BCUT2D eigenvalue weighted by atomic mass is 16.4. The van der Waals surface area contributed by atoms with Crippen molar-refractivity contribution in [3.05, 3.63) is 36.0 Å². The molecule has 0 unspecified atom stereocenters. The van der Waals surface area contributed by atoms with Gasteiger partial charge in [0.05, 0.1) is 0 Å². The Morgan fingerprint density at radius 2 is 2.04 bits per heavy atom. The summed E-state index contributed by atoms with van der Waals surface area (Å²) < 4.78 is 0. The minimum atomic E-state index is -1.23. The Hall–Kier alpha value is -2.83. The first-order valence-electron chi connectivity index (χ1n) is 7.43. The molecule has 2 aromatic rings. The number of hydrogen-bond acceptors (Lipinski definition) is 4. The van der Waals surface area contributed by atoms with Crippen molar-refractivity contribution in [2.24, 2.45) is 0 Å². The van der Waals surface area contributed by atoms with Crippen LogP contribution in [0, 0.1) is 0 Å². The van der Waals surface area contributed by atoms with Crippen LogP contribution >= 0.6 is 0 Å². The number of aliphatic carboxylic acids is 1. The lowest BCUT2D eigenvalue weighted by Gasteiger charge is -2.12.